The molecule has 136 valence electrons. The van der Waals surface area contributed by atoms with Crippen molar-refractivity contribution in [3.8, 4) is 0 Å². The SMILES string of the molecule is COC(=O)c1ccc(C(=O)N2CCN(CCc3ccccc3)CC2)cc1. The summed E-state index contributed by atoms with van der Waals surface area (Å²) in [5.41, 5.74) is 2.40. The molecule has 2 aromatic rings. The lowest BCUT2D eigenvalue weighted by atomic mass is 10.1. The Morgan fingerprint density at radius 1 is 0.885 bits per heavy atom. The quantitative estimate of drug-likeness (QED) is 0.776. The van der Waals surface area contributed by atoms with Crippen LogP contribution in [-0.2, 0) is 11.2 Å². The molecule has 0 atom stereocenters. The first kappa shape index (κ1) is 18.1. The summed E-state index contributed by atoms with van der Waals surface area (Å²) >= 11 is 0. The van der Waals surface area contributed by atoms with Gasteiger partial charge in [-0.25, -0.2) is 4.79 Å². The average molecular weight is 352 g/mol. The number of hydrogen-bond acceptors (Lipinski definition) is 4. The molecule has 0 bridgehead atoms. The number of carbonyl (C=O) groups excluding carboxylic acids is 2. The number of methoxy groups -OCH3 is 1. The summed E-state index contributed by atoms with van der Waals surface area (Å²) in [6, 6.07) is 17.1. The van der Waals surface area contributed by atoms with Gasteiger partial charge in [0.05, 0.1) is 12.7 Å². The molecule has 0 N–H and O–H groups in total. The van der Waals surface area contributed by atoms with Gasteiger partial charge in [0.25, 0.3) is 5.91 Å². The van der Waals surface area contributed by atoms with Crippen LogP contribution in [0, 0.1) is 0 Å². The second kappa shape index (κ2) is 8.63. The van der Waals surface area contributed by atoms with Crippen LogP contribution in [0.15, 0.2) is 54.6 Å². The molecule has 5 heteroatoms. The highest BCUT2D eigenvalue weighted by Crippen LogP contribution is 2.12. The summed E-state index contributed by atoms with van der Waals surface area (Å²) in [7, 11) is 1.35. The Morgan fingerprint density at radius 3 is 2.12 bits per heavy atom. The zero-order chi connectivity index (χ0) is 18.4. The zero-order valence-electron chi connectivity index (χ0n) is 15.1. The van der Waals surface area contributed by atoms with Crippen molar-refractivity contribution >= 4 is 11.9 Å². The second-order valence-electron chi connectivity index (χ2n) is 6.44. The predicted molar refractivity (Wildman–Crippen MR) is 100 cm³/mol. The van der Waals surface area contributed by atoms with Gasteiger partial charge in [0.15, 0.2) is 0 Å². The van der Waals surface area contributed by atoms with E-state index < -0.39 is 5.97 Å². The van der Waals surface area contributed by atoms with Crippen molar-refractivity contribution in [1.82, 2.24) is 9.80 Å². The standard InChI is InChI=1S/C21H24N2O3/c1-26-21(25)19-9-7-18(8-10-19)20(24)23-15-13-22(14-16-23)12-11-17-5-3-2-4-6-17/h2-10H,11-16H2,1H3. The molecule has 1 aliphatic heterocycles. The molecule has 0 aromatic heterocycles. The van der Waals surface area contributed by atoms with Crippen LogP contribution in [-0.4, -0.2) is 61.5 Å². The minimum absolute atomic E-state index is 0.0177. The number of esters is 1. The minimum Gasteiger partial charge on any atom is -0.465 e. The Kier molecular flexibility index (Phi) is 6.02. The maximum atomic E-state index is 12.6. The Bertz CT molecular complexity index is 736. The molecule has 1 fully saturated rings. The molecule has 26 heavy (non-hydrogen) atoms. The third kappa shape index (κ3) is 4.49. The molecule has 1 heterocycles. The van der Waals surface area contributed by atoms with Crippen LogP contribution in [0.1, 0.15) is 26.3 Å². The van der Waals surface area contributed by atoms with Crippen LogP contribution in [0.25, 0.3) is 0 Å². The van der Waals surface area contributed by atoms with Gasteiger partial charge >= 0.3 is 5.97 Å². The van der Waals surface area contributed by atoms with Crippen molar-refractivity contribution < 1.29 is 14.3 Å². The number of piperazine rings is 1. The Balaban J connectivity index is 1.49. The first-order valence-electron chi connectivity index (χ1n) is 8.91. The van der Waals surface area contributed by atoms with Crippen LogP contribution in [0.3, 0.4) is 0 Å². The normalized spacial score (nSPS) is 14.9. The summed E-state index contributed by atoms with van der Waals surface area (Å²) in [6.07, 6.45) is 1.03. The average Bonchev–Trinajstić information content (AvgIpc) is 2.72. The molecule has 0 saturated carbocycles. The maximum Gasteiger partial charge on any atom is 0.337 e. The van der Waals surface area contributed by atoms with Crippen LogP contribution >= 0.6 is 0 Å². The fraction of sp³-hybridized carbons (Fsp3) is 0.333. The first-order valence-corrected chi connectivity index (χ1v) is 8.91. The highest BCUT2D eigenvalue weighted by atomic mass is 16.5. The minimum atomic E-state index is -0.393. The lowest BCUT2D eigenvalue weighted by molar-refractivity contribution is 0.0597. The molecule has 0 spiro atoms. The summed E-state index contributed by atoms with van der Waals surface area (Å²) in [4.78, 5) is 28.4. The Labute approximate surface area is 154 Å². The van der Waals surface area contributed by atoms with Gasteiger partial charge in [-0.3, -0.25) is 9.69 Å². The van der Waals surface area contributed by atoms with Crippen molar-refractivity contribution in [2.24, 2.45) is 0 Å². The molecule has 1 amide bonds. The van der Waals surface area contributed by atoms with Crippen LogP contribution in [0.4, 0.5) is 0 Å². The molecule has 0 unspecified atom stereocenters. The Morgan fingerprint density at radius 2 is 1.50 bits per heavy atom. The topological polar surface area (TPSA) is 49.9 Å². The number of benzene rings is 2. The van der Waals surface area contributed by atoms with E-state index in [-0.39, 0.29) is 5.91 Å². The molecule has 3 rings (SSSR count). The van der Waals surface area contributed by atoms with Crippen molar-refractivity contribution in [1.29, 1.82) is 0 Å². The fourth-order valence-electron chi connectivity index (χ4n) is 3.16. The number of nitrogens with zero attached hydrogens (tertiary/aromatic N) is 2. The van der Waals surface area contributed by atoms with Gasteiger partial charge < -0.3 is 9.64 Å². The van der Waals surface area contributed by atoms with Gasteiger partial charge in [-0.15, -0.1) is 0 Å². The molecule has 5 nitrogen and oxygen atoms in total. The highest BCUT2D eigenvalue weighted by Gasteiger charge is 2.22. The van der Waals surface area contributed by atoms with Crippen molar-refractivity contribution in [2.75, 3.05) is 39.8 Å². The van der Waals surface area contributed by atoms with E-state index in [1.807, 2.05) is 11.0 Å². The number of amides is 1. The molecule has 0 radical (unpaired) electrons. The van der Waals surface area contributed by atoms with Crippen molar-refractivity contribution in [2.45, 2.75) is 6.42 Å². The molecular weight excluding hydrogens is 328 g/mol. The van der Waals surface area contributed by atoms with Crippen LogP contribution in [0.5, 0.6) is 0 Å². The molecule has 1 saturated heterocycles. The second-order valence-corrected chi connectivity index (χ2v) is 6.44. The van der Waals surface area contributed by atoms with E-state index in [2.05, 4.69) is 33.9 Å². The van der Waals surface area contributed by atoms with E-state index in [9.17, 15) is 9.59 Å². The van der Waals surface area contributed by atoms with E-state index in [1.165, 1.54) is 12.7 Å². The molecule has 1 aliphatic rings. The number of ether oxygens (including phenoxy) is 1. The van der Waals surface area contributed by atoms with E-state index in [1.54, 1.807) is 24.3 Å². The zero-order valence-corrected chi connectivity index (χ0v) is 15.1. The summed E-state index contributed by atoms with van der Waals surface area (Å²) in [5, 5.41) is 0. The monoisotopic (exact) mass is 352 g/mol. The number of hydrogen-bond donors (Lipinski definition) is 0. The van der Waals surface area contributed by atoms with E-state index in [0.29, 0.717) is 11.1 Å². The fourth-order valence-corrected chi connectivity index (χ4v) is 3.16. The molecule has 0 aliphatic carbocycles. The highest BCUT2D eigenvalue weighted by molar-refractivity contribution is 5.96. The summed E-state index contributed by atoms with van der Waals surface area (Å²) in [6.45, 7) is 4.25. The van der Waals surface area contributed by atoms with Crippen LogP contribution < -0.4 is 0 Å². The van der Waals surface area contributed by atoms with Gasteiger partial charge in [0.1, 0.15) is 0 Å². The maximum absolute atomic E-state index is 12.6. The lowest BCUT2D eigenvalue weighted by Crippen LogP contribution is -2.49. The number of rotatable bonds is 5. The molecule has 2 aromatic carbocycles. The first-order chi connectivity index (χ1) is 12.7. The van der Waals surface area contributed by atoms with E-state index in [0.717, 1.165) is 39.1 Å². The Hall–Kier alpha value is -2.66. The van der Waals surface area contributed by atoms with Crippen molar-refractivity contribution in [3.05, 3.63) is 71.3 Å². The summed E-state index contributed by atoms with van der Waals surface area (Å²) < 4.78 is 4.68. The summed E-state index contributed by atoms with van der Waals surface area (Å²) in [5.74, 6) is -0.375. The van der Waals surface area contributed by atoms with Gasteiger partial charge in [-0.2, -0.15) is 0 Å². The van der Waals surface area contributed by atoms with Crippen molar-refractivity contribution in [3.63, 3.8) is 0 Å². The predicted octanol–water partition coefficient (Wildman–Crippen LogP) is 2.47. The third-order valence-electron chi connectivity index (χ3n) is 4.77. The van der Waals surface area contributed by atoms with E-state index in [4.69, 9.17) is 0 Å². The van der Waals surface area contributed by atoms with Gasteiger partial charge in [-0.1, -0.05) is 30.3 Å². The molecular formula is C21H24N2O3. The lowest BCUT2D eigenvalue weighted by Gasteiger charge is -2.34. The van der Waals surface area contributed by atoms with Crippen LogP contribution in [0.2, 0.25) is 0 Å². The van der Waals surface area contributed by atoms with Gasteiger partial charge in [-0.05, 0) is 36.2 Å². The smallest absolute Gasteiger partial charge is 0.337 e. The van der Waals surface area contributed by atoms with E-state index >= 15 is 0 Å². The number of carbonyl (C=O) groups is 2. The largest absolute Gasteiger partial charge is 0.465 e. The van der Waals surface area contributed by atoms with Gasteiger partial charge in [0, 0.05) is 38.3 Å². The third-order valence-corrected chi connectivity index (χ3v) is 4.77. The van der Waals surface area contributed by atoms with Gasteiger partial charge in [0.2, 0.25) is 0 Å².